The molecule has 23 heavy (non-hydrogen) atoms. The minimum Gasteiger partial charge on any atom is -0.495 e. The van der Waals surface area contributed by atoms with Crippen LogP contribution in [-0.4, -0.2) is 31.5 Å². The second-order valence-corrected chi connectivity index (χ2v) is 6.65. The Morgan fingerprint density at radius 3 is 2.78 bits per heavy atom. The summed E-state index contributed by atoms with van der Waals surface area (Å²) in [6, 6.07) is 5.42. The minimum atomic E-state index is -0.313. The molecule has 124 valence electrons. The van der Waals surface area contributed by atoms with Gasteiger partial charge in [-0.1, -0.05) is 24.4 Å². The molecule has 1 atom stereocenters. The van der Waals surface area contributed by atoms with Crippen molar-refractivity contribution >= 4 is 29.1 Å². The third-order valence-corrected chi connectivity index (χ3v) is 4.86. The summed E-state index contributed by atoms with van der Waals surface area (Å²) in [5.41, 5.74) is 0.626. The van der Waals surface area contributed by atoms with Crippen LogP contribution in [0.1, 0.15) is 32.1 Å². The zero-order valence-corrected chi connectivity index (χ0v) is 13.9. The van der Waals surface area contributed by atoms with Crippen LogP contribution in [0.5, 0.6) is 5.75 Å². The first-order valence-corrected chi connectivity index (χ1v) is 8.40. The van der Waals surface area contributed by atoms with Gasteiger partial charge in [-0.05, 0) is 31.0 Å². The molecule has 0 aromatic heterocycles. The summed E-state index contributed by atoms with van der Waals surface area (Å²) >= 11 is 6.04. The van der Waals surface area contributed by atoms with E-state index in [4.69, 9.17) is 16.3 Å². The van der Waals surface area contributed by atoms with E-state index in [1.807, 2.05) is 0 Å². The van der Waals surface area contributed by atoms with E-state index < -0.39 is 0 Å². The number of rotatable bonds is 4. The molecule has 0 radical (unpaired) electrons. The number of nitrogens with one attached hydrogen (secondary N) is 1. The third kappa shape index (κ3) is 3.44. The molecule has 1 N–H and O–H groups in total. The number of hydrogen-bond donors (Lipinski definition) is 1. The first-order chi connectivity index (χ1) is 11.1. The fourth-order valence-corrected chi connectivity index (χ4v) is 3.55. The monoisotopic (exact) mass is 336 g/mol. The van der Waals surface area contributed by atoms with E-state index in [0.717, 1.165) is 12.8 Å². The maximum atomic E-state index is 12.4. The Morgan fingerprint density at radius 2 is 2.09 bits per heavy atom. The van der Waals surface area contributed by atoms with Gasteiger partial charge >= 0.3 is 0 Å². The van der Waals surface area contributed by atoms with Crippen molar-refractivity contribution in [2.24, 2.45) is 5.92 Å². The van der Waals surface area contributed by atoms with Crippen LogP contribution < -0.4 is 15.0 Å². The lowest BCUT2D eigenvalue weighted by molar-refractivity contribution is -0.126. The van der Waals surface area contributed by atoms with Gasteiger partial charge in [-0.3, -0.25) is 9.59 Å². The van der Waals surface area contributed by atoms with Gasteiger partial charge in [0.1, 0.15) is 5.75 Å². The largest absolute Gasteiger partial charge is 0.495 e. The van der Waals surface area contributed by atoms with Crippen molar-refractivity contribution in [2.75, 3.05) is 18.6 Å². The number of carbonyl (C=O) groups is 2. The molecule has 0 bridgehead atoms. The number of halogens is 1. The van der Waals surface area contributed by atoms with E-state index in [-0.39, 0.29) is 30.2 Å². The van der Waals surface area contributed by atoms with Gasteiger partial charge in [-0.2, -0.15) is 0 Å². The molecule has 6 heteroatoms. The topological polar surface area (TPSA) is 58.6 Å². The molecule has 1 aromatic rings. The molecule has 0 spiro atoms. The summed E-state index contributed by atoms with van der Waals surface area (Å²) in [7, 11) is 1.55. The van der Waals surface area contributed by atoms with E-state index >= 15 is 0 Å². The van der Waals surface area contributed by atoms with Gasteiger partial charge in [0.25, 0.3) is 0 Å². The molecule has 2 fully saturated rings. The number of ether oxygens (including phenoxy) is 1. The van der Waals surface area contributed by atoms with Crippen LogP contribution in [0.4, 0.5) is 5.69 Å². The highest BCUT2D eigenvalue weighted by Gasteiger charge is 2.37. The Kier molecular flexibility index (Phi) is 4.76. The summed E-state index contributed by atoms with van der Waals surface area (Å²) in [6.45, 7) is 0.369. The lowest BCUT2D eigenvalue weighted by Crippen LogP contribution is -2.38. The van der Waals surface area contributed by atoms with Crippen molar-refractivity contribution in [1.82, 2.24) is 5.32 Å². The van der Waals surface area contributed by atoms with E-state index in [1.54, 1.807) is 30.2 Å². The van der Waals surface area contributed by atoms with Gasteiger partial charge < -0.3 is 15.0 Å². The molecule has 2 aliphatic rings. The van der Waals surface area contributed by atoms with Gasteiger partial charge in [0, 0.05) is 24.0 Å². The third-order valence-electron chi connectivity index (χ3n) is 4.63. The van der Waals surface area contributed by atoms with Crippen molar-refractivity contribution in [3.05, 3.63) is 23.2 Å². The molecule has 0 unspecified atom stereocenters. The Balaban J connectivity index is 1.72. The summed E-state index contributed by atoms with van der Waals surface area (Å²) in [6.07, 6.45) is 4.64. The predicted molar refractivity (Wildman–Crippen MR) is 88.9 cm³/mol. The number of amides is 2. The summed E-state index contributed by atoms with van der Waals surface area (Å²) in [5.74, 6) is 0.178. The minimum absolute atomic E-state index is 0.0197. The zero-order chi connectivity index (χ0) is 16.4. The second kappa shape index (κ2) is 6.79. The Bertz CT molecular complexity index is 614. The van der Waals surface area contributed by atoms with Gasteiger partial charge in [-0.25, -0.2) is 0 Å². The maximum Gasteiger partial charge on any atom is 0.227 e. The van der Waals surface area contributed by atoms with Crippen LogP contribution >= 0.6 is 11.6 Å². The van der Waals surface area contributed by atoms with E-state index in [0.29, 0.717) is 23.0 Å². The molecule has 1 heterocycles. The molecule has 5 nitrogen and oxygen atoms in total. The number of benzene rings is 1. The second-order valence-electron chi connectivity index (χ2n) is 6.21. The number of carbonyl (C=O) groups excluding carboxylic acids is 2. The first kappa shape index (κ1) is 16.1. The standard InChI is InChI=1S/C17H21ClN2O3/c1-23-15-7-6-12(18)9-14(15)20-10-11(8-16(20)21)17(22)19-13-4-2-3-5-13/h6-7,9,11,13H,2-5,8,10H2,1H3,(H,19,22)/t11-/m0/s1. The first-order valence-electron chi connectivity index (χ1n) is 8.02. The number of hydrogen-bond acceptors (Lipinski definition) is 3. The van der Waals surface area contributed by atoms with Crippen molar-refractivity contribution in [1.29, 1.82) is 0 Å². The number of nitrogens with zero attached hydrogens (tertiary/aromatic N) is 1. The van der Waals surface area contributed by atoms with Gasteiger partial charge in [0.2, 0.25) is 11.8 Å². The van der Waals surface area contributed by atoms with Gasteiger partial charge in [0.15, 0.2) is 0 Å². The SMILES string of the molecule is COc1ccc(Cl)cc1N1C[C@@H](C(=O)NC2CCCC2)CC1=O. The summed E-state index contributed by atoms with van der Waals surface area (Å²) in [4.78, 5) is 26.4. The van der Waals surface area contributed by atoms with Crippen molar-refractivity contribution < 1.29 is 14.3 Å². The Labute approximate surface area is 140 Å². The quantitative estimate of drug-likeness (QED) is 0.919. The normalized spacial score (nSPS) is 21.7. The fraction of sp³-hybridized carbons (Fsp3) is 0.529. The molecular formula is C17H21ClN2O3. The van der Waals surface area contributed by atoms with Crippen LogP contribution in [0.2, 0.25) is 5.02 Å². The predicted octanol–water partition coefficient (Wildman–Crippen LogP) is 2.76. The lowest BCUT2D eigenvalue weighted by Gasteiger charge is -2.20. The average molecular weight is 337 g/mol. The highest BCUT2D eigenvalue weighted by Crippen LogP contribution is 2.35. The molecule has 1 aliphatic heterocycles. The van der Waals surface area contributed by atoms with Crippen LogP contribution in [0.3, 0.4) is 0 Å². The molecule has 1 aliphatic carbocycles. The smallest absolute Gasteiger partial charge is 0.227 e. The van der Waals surface area contributed by atoms with Crippen LogP contribution in [0, 0.1) is 5.92 Å². The van der Waals surface area contributed by atoms with Crippen LogP contribution in [0.15, 0.2) is 18.2 Å². The van der Waals surface area contributed by atoms with Gasteiger partial charge in [-0.15, -0.1) is 0 Å². The number of methoxy groups -OCH3 is 1. The van der Waals surface area contributed by atoms with Crippen LogP contribution in [-0.2, 0) is 9.59 Å². The maximum absolute atomic E-state index is 12.4. The van der Waals surface area contributed by atoms with Crippen molar-refractivity contribution in [3.8, 4) is 5.75 Å². The fourth-order valence-electron chi connectivity index (χ4n) is 3.38. The highest BCUT2D eigenvalue weighted by molar-refractivity contribution is 6.31. The molecule has 2 amide bonds. The summed E-state index contributed by atoms with van der Waals surface area (Å²) in [5, 5.41) is 3.61. The lowest BCUT2D eigenvalue weighted by atomic mass is 10.1. The summed E-state index contributed by atoms with van der Waals surface area (Å²) < 4.78 is 5.31. The molecule has 1 aromatic carbocycles. The van der Waals surface area contributed by atoms with Crippen molar-refractivity contribution in [3.63, 3.8) is 0 Å². The highest BCUT2D eigenvalue weighted by atomic mass is 35.5. The Morgan fingerprint density at radius 1 is 1.35 bits per heavy atom. The zero-order valence-electron chi connectivity index (χ0n) is 13.2. The number of anilines is 1. The average Bonchev–Trinajstić information content (AvgIpc) is 3.16. The van der Waals surface area contributed by atoms with Crippen LogP contribution in [0.25, 0.3) is 0 Å². The van der Waals surface area contributed by atoms with E-state index in [2.05, 4.69) is 5.32 Å². The van der Waals surface area contributed by atoms with E-state index in [9.17, 15) is 9.59 Å². The van der Waals surface area contributed by atoms with Gasteiger partial charge in [0.05, 0.1) is 18.7 Å². The molecule has 1 saturated carbocycles. The van der Waals surface area contributed by atoms with Crippen molar-refractivity contribution in [2.45, 2.75) is 38.1 Å². The molecule has 3 rings (SSSR count). The molecule has 1 saturated heterocycles. The van der Waals surface area contributed by atoms with E-state index in [1.165, 1.54) is 12.8 Å². The molecular weight excluding hydrogens is 316 g/mol. The Hall–Kier alpha value is -1.75.